The monoisotopic (exact) mass is 647 g/mol. The first kappa shape index (κ1) is 31.1. The number of alkyl halides is 2. The van der Waals surface area contributed by atoms with Crippen LogP contribution in [0.3, 0.4) is 0 Å². The summed E-state index contributed by atoms with van der Waals surface area (Å²) in [7, 11) is -1.29. The van der Waals surface area contributed by atoms with Crippen LogP contribution in [0, 0.1) is 0 Å². The van der Waals surface area contributed by atoms with Gasteiger partial charge in [-0.25, -0.2) is 28.7 Å². The van der Waals surface area contributed by atoms with Gasteiger partial charge in [0.15, 0.2) is 5.82 Å². The third-order valence-electron chi connectivity index (χ3n) is 6.11. The topological polar surface area (TPSA) is 110 Å². The fraction of sp³-hybridized carbons (Fsp3) is 0.429. The maximum absolute atomic E-state index is 13.5. The molecule has 0 unspecified atom stereocenters. The molecule has 0 aliphatic rings. The maximum atomic E-state index is 13.5. The Morgan fingerprint density at radius 2 is 1.93 bits per heavy atom. The summed E-state index contributed by atoms with van der Waals surface area (Å²) in [6, 6.07) is 9.05. The molecule has 13 heteroatoms. The molecule has 0 bridgehead atoms. The highest BCUT2D eigenvalue weighted by Gasteiger charge is 2.21. The minimum atomic E-state index is -2.72. The van der Waals surface area contributed by atoms with Crippen LogP contribution in [0.2, 0.25) is 25.7 Å². The molecule has 3 N–H and O–H groups in total. The molecule has 4 heterocycles. The number of nitrogens with one attached hydrogen (secondary N) is 2. The molecule has 0 aliphatic heterocycles. The lowest BCUT2D eigenvalue weighted by molar-refractivity contribution is 0.0793. The second kappa shape index (κ2) is 13.0. The number of hydrogen-bond acceptors (Lipinski definition) is 8. The highest BCUT2D eigenvalue weighted by molar-refractivity contribution is 9.10. The van der Waals surface area contributed by atoms with Gasteiger partial charge in [-0.05, 0) is 65.7 Å². The highest BCUT2D eigenvalue weighted by Crippen LogP contribution is 2.32. The van der Waals surface area contributed by atoms with Gasteiger partial charge >= 0.3 is 0 Å². The number of ether oxygens (including phenoxy) is 1. The Labute approximate surface area is 247 Å². The molecule has 0 saturated heterocycles. The molecule has 0 fully saturated rings. The number of fused-ring (bicyclic) bond motifs is 1. The van der Waals surface area contributed by atoms with Gasteiger partial charge < -0.3 is 25.0 Å². The van der Waals surface area contributed by atoms with Gasteiger partial charge in [0.25, 0.3) is 6.43 Å². The predicted molar refractivity (Wildman–Crippen MR) is 163 cm³/mol. The second-order valence-electron chi connectivity index (χ2n) is 11.7. The van der Waals surface area contributed by atoms with Crippen molar-refractivity contribution in [2.45, 2.75) is 64.8 Å². The maximum Gasteiger partial charge on any atom is 0.280 e. The zero-order valence-corrected chi connectivity index (χ0v) is 26.5. The van der Waals surface area contributed by atoms with E-state index in [0.29, 0.717) is 35.8 Å². The normalized spacial score (nSPS) is 12.4. The molecule has 220 valence electrons. The molecule has 4 aromatic heterocycles. The summed E-state index contributed by atoms with van der Waals surface area (Å²) < 4.78 is 35.6. The third kappa shape index (κ3) is 8.82. The Morgan fingerprint density at radius 1 is 1.15 bits per heavy atom. The molecule has 0 spiro atoms. The van der Waals surface area contributed by atoms with Gasteiger partial charge in [-0.15, -0.1) is 0 Å². The fourth-order valence-corrected chi connectivity index (χ4v) is 5.18. The van der Waals surface area contributed by atoms with E-state index in [1.165, 1.54) is 12.1 Å². The molecular formula is C28H36BrF2N7O2Si. The summed E-state index contributed by atoms with van der Waals surface area (Å²) in [4.78, 5) is 17.9. The summed E-state index contributed by atoms with van der Waals surface area (Å²) >= 11 is 3.40. The van der Waals surface area contributed by atoms with E-state index in [-0.39, 0.29) is 23.9 Å². The van der Waals surface area contributed by atoms with E-state index in [9.17, 15) is 13.9 Å². The Balaban J connectivity index is 1.83. The van der Waals surface area contributed by atoms with E-state index in [1.54, 1.807) is 32.2 Å². The lowest BCUT2D eigenvalue weighted by Crippen LogP contribution is -2.34. The number of halogens is 3. The molecular weight excluding hydrogens is 612 g/mol. The SMILES string of the molecule is CC(C)(O)CNCc1cn(COCC[Si](C)(C)C)c2nc(-c3cccc(C(F)F)n3)nc(Nc3ccnc(Br)c3)c12. The van der Waals surface area contributed by atoms with Gasteiger partial charge in [-0.1, -0.05) is 25.7 Å². The van der Waals surface area contributed by atoms with E-state index in [1.807, 2.05) is 16.8 Å². The number of pyridine rings is 2. The van der Waals surface area contributed by atoms with Crippen molar-refractivity contribution in [3.8, 4) is 11.5 Å². The van der Waals surface area contributed by atoms with Gasteiger partial charge in [0.05, 0.1) is 11.0 Å². The Bertz CT molecular complexity index is 1490. The number of aromatic nitrogens is 5. The first-order valence-corrected chi connectivity index (χ1v) is 17.8. The minimum absolute atomic E-state index is 0.202. The fourth-order valence-electron chi connectivity index (χ4n) is 4.06. The van der Waals surface area contributed by atoms with Crippen LogP contribution in [0.1, 0.15) is 31.5 Å². The average molecular weight is 649 g/mol. The van der Waals surface area contributed by atoms with E-state index in [4.69, 9.17) is 14.7 Å². The summed E-state index contributed by atoms with van der Waals surface area (Å²) in [5, 5.41) is 17.6. The van der Waals surface area contributed by atoms with Gasteiger partial charge in [-0.3, -0.25) is 0 Å². The smallest absolute Gasteiger partial charge is 0.280 e. The molecule has 41 heavy (non-hydrogen) atoms. The van der Waals surface area contributed by atoms with E-state index < -0.39 is 20.1 Å². The van der Waals surface area contributed by atoms with Crippen LogP contribution in [0.4, 0.5) is 20.3 Å². The zero-order valence-electron chi connectivity index (χ0n) is 23.9. The van der Waals surface area contributed by atoms with Crippen molar-refractivity contribution >= 4 is 46.5 Å². The van der Waals surface area contributed by atoms with Gasteiger partial charge in [0.2, 0.25) is 0 Å². The van der Waals surface area contributed by atoms with E-state index >= 15 is 0 Å². The van der Waals surface area contributed by atoms with Crippen molar-refractivity contribution in [3.63, 3.8) is 0 Å². The van der Waals surface area contributed by atoms with E-state index in [0.717, 1.165) is 22.7 Å². The summed E-state index contributed by atoms with van der Waals surface area (Å²) in [6.45, 7) is 12.0. The molecule has 0 saturated carbocycles. The molecule has 0 aromatic carbocycles. The molecule has 4 aromatic rings. The van der Waals surface area contributed by atoms with Gasteiger partial charge in [0, 0.05) is 45.9 Å². The Hall–Kier alpha value is -2.84. The lowest BCUT2D eigenvalue weighted by Gasteiger charge is -2.17. The lowest BCUT2D eigenvalue weighted by atomic mass is 10.1. The summed E-state index contributed by atoms with van der Waals surface area (Å²) in [6.07, 6.45) is 0.886. The highest BCUT2D eigenvalue weighted by atomic mass is 79.9. The third-order valence-corrected chi connectivity index (χ3v) is 8.24. The van der Waals surface area contributed by atoms with Crippen molar-refractivity contribution < 1.29 is 18.6 Å². The largest absolute Gasteiger partial charge is 0.389 e. The van der Waals surface area contributed by atoms with Crippen molar-refractivity contribution in [1.29, 1.82) is 0 Å². The van der Waals surface area contributed by atoms with Crippen molar-refractivity contribution in [2.24, 2.45) is 0 Å². The van der Waals surface area contributed by atoms with Crippen LogP contribution in [0.25, 0.3) is 22.6 Å². The number of rotatable bonds is 13. The minimum Gasteiger partial charge on any atom is -0.389 e. The van der Waals surface area contributed by atoms with Crippen LogP contribution in [0.5, 0.6) is 0 Å². The van der Waals surface area contributed by atoms with Crippen molar-refractivity contribution in [2.75, 3.05) is 18.5 Å². The second-order valence-corrected chi connectivity index (χ2v) is 18.2. The van der Waals surface area contributed by atoms with Crippen molar-refractivity contribution in [3.05, 3.63) is 58.6 Å². The van der Waals surface area contributed by atoms with Crippen LogP contribution in [0.15, 0.2) is 47.3 Å². The van der Waals surface area contributed by atoms with Crippen LogP contribution in [-0.2, 0) is 18.0 Å². The first-order valence-electron chi connectivity index (χ1n) is 13.3. The summed E-state index contributed by atoms with van der Waals surface area (Å²) in [5.41, 5.74) is 1.17. The summed E-state index contributed by atoms with van der Waals surface area (Å²) in [5.74, 6) is 0.682. The standard InChI is InChI=1S/C28H36BrF2N7O2Si/c1-28(2,39)16-32-14-18-15-38(17-40-11-12-41(3,4)5)27-23(18)26(34-19-9-10-33-22(29)13-19)36-25(37-27)21-8-6-7-20(35-21)24(30)31/h6-10,13,15,24,32,39H,11-12,14,16-17H2,1-5H3,(H,33,34,36,37). The number of nitrogens with zero attached hydrogens (tertiary/aromatic N) is 5. The molecule has 9 nitrogen and oxygen atoms in total. The quantitative estimate of drug-likeness (QED) is 0.0856. The first-order chi connectivity index (χ1) is 19.3. The van der Waals surface area contributed by atoms with Gasteiger partial charge in [0.1, 0.15) is 34.2 Å². The molecule has 0 atom stereocenters. The van der Waals surface area contributed by atoms with Crippen molar-refractivity contribution in [1.82, 2.24) is 29.8 Å². The molecule has 4 rings (SSSR count). The number of anilines is 2. The van der Waals surface area contributed by atoms with Crippen LogP contribution >= 0.6 is 15.9 Å². The van der Waals surface area contributed by atoms with Crippen LogP contribution in [-0.4, -0.2) is 56.4 Å². The van der Waals surface area contributed by atoms with Crippen LogP contribution < -0.4 is 10.6 Å². The number of hydrogen-bond donors (Lipinski definition) is 3. The van der Waals surface area contributed by atoms with Gasteiger partial charge in [-0.2, -0.15) is 0 Å². The zero-order chi connectivity index (χ0) is 29.8. The Morgan fingerprint density at radius 3 is 2.61 bits per heavy atom. The number of aliphatic hydroxyl groups is 1. The Kier molecular flexibility index (Phi) is 9.85. The predicted octanol–water partition coefficient (Wildman–Crippen LogP) is 6.50. The average Bonchev–Trinajstić information content (AvgIpc) is 3.23. The molecule has 0 aliphatic carbocycles. The molecule has 0 radical (unpaired) electrons. The molecule has 0 amide bonds. The van der Waals surface area contributed by atoms with E-state index in [2.05, 4.69) is 56.2 Å².